The van der Waals surface area contributed by atoms with Gasteiger partial charge in [-0.05, 0) is 25.4 Å². The fourth-order valence-electron chi connectivity index (χ4n) is 0.990. The summed E-state index contributed by atoms with van der Waals surface area (Å²) < 4.78 is 0. The molecule has 0 saturated carbocycles. The quantitative estimate of drug-likeness (QED) is 0.868. The number of aliphatic carboxylic acids is 1. The van der Waals surface area contributed by atoms with Gasteiger partial charge in [0.2, 0.25) is 0 Å². The van der Waals surface area contributed by atoms with Crippen LogP contribution in [0.3, 0.4) is 0 Å². The van der Waals surface area contributed by atoms with Gasteiger partial charge in [-0.1, -0.05) is 11.6 Å². The van der Waals surface area contributed by atoms with Crippen LogP contribution in [-0.4, -0.2) is 29.1 Å². The maximum atomic E-state index is 10.7. The van der Waals surface area contributed by atoms with Crippen LogP contribution < -0.4 is 0 Å². The number of carboxylic acid groups (broad SMARTS) is 1. The summed E-state index contributed by atoms with van der Waals surface area (Å²) >= 11 is 7.44. The van der Waals surface area contributed by atoms with Gasteiger partial charge in [-0.2, -0.15) is 0 Å². The molecule has 1 aromatic rings. The van der Waals surface area contributed by atoms with Crippen LogP contribution in [0.5, 0.6) is 0 Å². The largest absolute Gasteiger partial charge is 0.480 e. The summed E-state index contributed by atoms with van der Waals surface area (Å²) in [4.78, 5) is 13.4. The van der Waals surface area contributed by atoms with Gasteiger partial charge >= 0.3 is 5.97 Å². The minimum atomic E-state index is -0.819. The van der Waals surface area contributed by atoms with Gasteiger partial charge in [0, 0.05) is 11.4 Å². The summed E-state index contributed by atoms with van der Waals surface area (Å²) in [5.41, 5.74) is 0. The van der Waals surface area contributed by atoms with Crippen LogP contribution >= 0.6 is 22.9 Å². The van der Waals surface area contributed by atoms with E-state index < -0.39 is 12.0 Å². The molecule has 1 atom stereocenters. The molecule has 1 rings (SSSR count). The lowest BCUT2D eigenvalue weighted by Gasteiger charge is -2.20. The number of hydrogen-bond donors (Lipinski definition) is 1. The first kappa shape index (κ1) is 11.5. The molecule has 1 unspecified atom stereocenters. The molecule has 5 heteroatoms. The van der Waals surface area contributed by atoms with Crippen LogP contribution in [0.15, 0.2) is 11.4 Å². The second-order valence-corrected chi connectivity index (χ2v) is 4.53. The fourth-order valence-corrected chi connectivity index (χ4v) is 2.15. The highest BCUT2D eigenvalue weighted by Crippen LogP contribution is 2.23. The highest BCUT2D eigenvalue weighted by molar-refractivity contribution is 7.10. The first-order chi connectivity index (χ1) is 6.52. The van der Waals surface area contributed by atoms with E-state index in [1.807, 2.05) is 11.4 Å². The van der Waals surface area contributed by atoms with Crippen LogP contribution in [0.2, 0.25) is 5.02 Å². The molecule has 0 bridgehead atoms. The molecule has 0 aliphatic carbocycles. The molecule has 14 heavy (non-hydrogen) atoms. The van der Waals surface area contributed by atoms with Crippen LogP contribution in [-0.2, 0) is 11.3 Å². The molecule has 0 spiro atoms. The normalized spacial score (nSPS) is 13.1. The van der Waals surface area contributed by atoms with E-state index in [2.05, 4.69) is 0 Å². The van der Waals surface area contributed by atoms with Crippen molar-refractivity contribution in [2.24, 2.45) is 0 Å². The first-order valence-corrected chi connectivity index (χ1v) is 5.43. The lowest BCUT2D eigenvalue weighted by molar-refractivity contribution is -0.142. The number of nitrogens with zero attached hydrogens (tertiary/aromatic N) is 1. The average molecular weight is 234 g/mol. The zero-order valence-electron chi connectivity index (χ0n) is 8.03. The zero-order chi connectivity index (χ0) is 10.7. The predicted molar refractivity (Wildman–Crippen MR) is 57.9 cm³/mol. The van der Waals surface area contributed by atoms with Crippen molar-refractivity contribution in [1.82, 2.24) is 4.90 Å². The Balaban J connectivity index is 2.61. The summed E-state index contributed by atoms with van der Waals surface area (Å²) in [7, 11) is 1.77. The van der Waals surface area contributed by atoms with E-state index in [1.165, 1.54) is 0 Å². The summed E-state index contributed by atoms with van der Waals surface area (Å²) in [5.74, 6) is -0.819. The molecular formula is C9H12ClNO2S. The third kappa shape index (κ3) is 2.70. The number of rotatable bonds is 4. The minimum Gasteiger partial charge on any atom is -0.480 e. The monoisotopic (exact) mass is 233 g/mol. The molecule has 0 saturated heterocycles. The molecule has 0 radical (unpaired) electrons. The maximum Gasteiger partial charge on any atom is 0.320 e. The van der Waals surface area contributed by atoms with Gasteiger partial charge in [-0.3, -0.25) is 9.69 Å². The number of likely N-dealkylation sites (N-methyl/N-ethyl adjacent to an activating group) is 1. The van der Waals surface area contributed by atoms with E-state index in [9.17, 15) is 4.79 Å². The topological polar surface area (TPSA) is 40.5 Å². The Kier molecular flexibility index (Phi) is 3.92. The van der Waals surface area contributed by atoms with Crippen LogP contribution in [0.4, 0.5) is 0 Å². The van der Waals surface area contributed by atoms with Crippen LogP contribution in [0.25, 0.3) is 0 Å². The highest BCUT2D eigenvalue weighted by Gasteiger charge is 2.17. The summed E-state index contributed by atoms with van der Waals surface area (Å²) in [6, 6.07) is 1.33. The molecule has 0 amide bonds. The van der Waals surface area contributed by atoms with Crippen molar-refractivity contribution in [3.63, 3.8) is 0 Å². The van der Waals surface area contributed by atoms with Gasteiger partial charge < -0.3 is 5.11 Å². The Morgan fingerprint density at radius 2 is 2.43 bits per heavy atom. The van der Waals surface area contributed by atoms with Crippen molar-refractivity contribution in [3.8, 4) is 0 Å². The van der Waals surface area contributed by atoms with E-state index in [4.69, 9.17) is 16.7 Å². The molecular weight excluding hydrogens is 222 g/mol. The van der Waals surface area contributed by atoms with Gasteiger partial charge in [0.05, 0.1) is 5.02 Å². The first-order valence-electron chi connectivity index (χ1n) is 4.17. The van der Waals surface area contributed by atoms with Gasteiger partial charge in [-0.15, -0.1) is 11.3 Å². The zero-order valence-corrected chi connectivity index (χ0v) is 9.60. The molecule has 78 valence electrons. The Morgan fingerprint density at radius 1 is 1.79 bits per heavy atom. The Morgan fingerprint density at radius 3 is 2.86 bits per heavy atom. The van der Waals surface area contributed by atoms with E-state index in [0.29, 0.717) is 11.6 Å². The number of thiophene rings is 1. The average Bonchev–Trinajstić information content (AvgIpc) is 2.50. The summed E-state index contributed by atoms with van der Waals surface area (Å²) in [5, 5.41) is 11.4. The van der Waals surface area contributed by atoms with Crippen molar-refractivity contribution >= 4 is 28.9 Å². The Hall–Kier alpha value is -0.580. The standard InChI is InChI=1S/C9H12ClNO2S/c1-6(9(12)13)11(2)5-8-7(10)3-4-14-8/h3-4,6H,5H2,1-2H3,(H,12,13). The summed E-state index contributed by atoms with van der Waals surface area (Å²) in [6.45, 7) is 2.23. The number of halogens is 1. The van der Waals surface area contributed by atoms with E-state index in [1.54, 1.807) is 30.2 Å². The molecule has 1 heterocycles. The van der Waals surface area contributed by atoms with Crippen molar-refractivity contribution in [2.75, 3.05) is 7.05 Å². The molecule has 0 aromatic carbocycles. The number of carboxylic acids is 1. The van der Waals surface area contributed by atoms with Crippen molar-refractivity contribution in [2.45, 2.75) is 19.5 Å². The lowest BCUT2D eigenvalue weighted by atomic mass is 10.3. The Labute approximate surface area is 91.9 Å². The molecule has 0 aliphatic heterocycles. The molecule has 0 aliphatic rings. The van der Waals surface area contributed by atoms with Crippen molar-refractivity contribution in [3.05, 3.63) is 21.3 Å². The highest BCUT2D eigenvalue weighted by atomic mass is 35.5. The van der Waals surface area contributed by atoms with Gasteiger partial charge in [0.1, 0.15) is 6.04 Å². The van der Waals surface area contributed by atoms with E-state index in [-0.39, 0.29) is 0 Å². The van der Waals surface area contributed by atoms with Crippen molar-refractivity contribution < 1.29 is 9.90 Å². The van der Waals surface area contributed by atoms with Crippen molar-refractivity contribution in [1.29, 1.82) is 0 Å². The minimum absolute atomic E-state index is 0.492. The number of hydrogen-bond acceptors (Lipinski definition) is 3. The maximum absolute atomic E-state index is 10.7. The third-order valence-electron chi connectivity index (χ3n) is 2.10. The number of carbonyl (C=O) groups is 1. The van der Waals surface area contributed by atoms with Gasteiger partial charge in [-0.25, -0.2) is 0 Å². The van der Waals surface area contributed by atoms with E-state index in [0.717, 1.165) is 4.88 Å². The second kappa shape index (κ2) is 4.77. The molecule has 0 fully saturated rings. The van der Waals surface area contributed by atoms with Crippen LogP contribution in [0, 0.1) is 0 Å². The second-order valence-electron chi connectivity index (χ2n) is 3.12. The SMILES string of the molecule is CC(C(=O)O)N(C)Cc1sccc1Cl. The smallest absolute Gasteiger partial charge is 0.320 e. The van der Waals surface area contributed by atoms with Gasteiger partial charge in [0.25, 0.3) is 0 Å². The fraction of sp³-hybridized carbons (Fsp3) is 0.444. The van der Waals surface area contributed by atoms with Gasteiger partial charge in [0.15, 0.2) is 0 Å². The Bertz CT molecular complexity index is 326. The molecule has 1 N–H and O–H groups in total. The molecule has 3 nitrogen and oxygen atoms in total. The van der Waals surface area contributed by atoms with E-state index >= 15 is 0 Å². The third-order valence-corrected chi connectivity index (χ3v) is 3.47. The van der Waals surface area contributed by atoms with Crippen LogP contribution in [0.1, 0.15) is 11.8 Å². The lowest BCUT2D eigenvalue weighted by Crippen LogP contribution is -2.35. The predicted octanol–water partition coefficient (Wildman–Crippen LogP) is 2.31. The summed E-state index contributed by atoms with van der Waals surface area (Å²) in [6.07, 6.45) is 0. The molecule has 1 aromatic heterocycles.